The molecular weight excluding hydrogens is 192 g/mol. The molecule has 2 nitrogen and oxygen atoms in total. The zero-order chi connectivity index (χ0) is 10.4. The molecule has 3 heteroatoms. The molecule has 1 N–H and O–H groups in total. The predicted octanol–water partition coefficient (Wildman–Crippen LogP) is 2.39. The van der Waals surface area contributed by atoms with Gasteiger partial charge in [0.2, 0.25) is 0 Å². The maximum Gasteiger partial charge on any atom is 0.168 e. The third kappa shape index (κ3) is 3.45. The highest BCUT2D eigenvalue weighted by Crippen LogP contribution is 2.21. The van der Waals surface area contributed by atoms with Gasteiger partial charge in [0.25, 0.3) is 0 Å². The maximum atomic E-state index is 5.25. The molecule has 0 saturated carbocycles. The fourth-order valence-electron chi connectivity index (χ4n) is 2.22. The summed E-state index contributed by atoms with van der Waals surface area (Å²) in [6.45, 7) is 4.56. The van der Waals surface area contributed by atoms with Gasteiger partial charge in [0.05, 0.1) is 0 Å². The zero-order valence-corrected chi connectivity index (χ0v) is 10.2. The van der Waals surface area contributed by atoms with Crippen molar-refractivity contribution < 1.29 is 0 Å². The second-order valence-corrected chi connectivity index (χ2v) is 4.51. The van der Waals surface area contributed by atoms with E-state index in [1.807, 2.05) is 7.05 Å². The van der Waals surface area contributed by atoms with Crippen molar-refractivity contribution in [1.29, 1.82) is 0 Å². The number of rotatable bonds is 2. The van der Waals surface area contributed by atoms with Crippen LogP contribution in [0.3, 0.4) is 0 Å². The summed E-state index contributed by atoms with van der Waals surface area (Å²) >= 11 is 5.25. The van der Waals surface area contributed by atoms with Crippen molar-refractivity contribution in [3.05, 3.63) is 0 Å². The van der Waals surface area contributed by atoms with E-state index < -0.39 is 0 Å². The molecule has 1 atom stereocenters. The van der Waals surface area contributed by atoms with Gasteiger partial charge in [-0.2, -0.15) is 0 Å². The number of nitrogens with one attached hydrogen (secondary N) is 1. The molecule has 0 spiro atoms. The second kappa shape index (κ2) is 6.23. The molecule has 0 amide bonds. The molecule has 0 aromatic heterocycles. The molecule has 1 rings (SSSR count). The summed E-state index contributed by atoms with van der Waals surface area (Å²) in [6, 6.07) is 0. The Labute approximate surface area is 93.1 Å². The monoisotopic (exact) mass is 214 g/mol. The van der Waals surface area contributed by atoms with Crippen LogP contribution in [0.15, 0.2) is 0 Å². The Morgan fingerprint density at radius 1 is 1.43 bits per heavy atom. The van der Waals surface area contributed by atoms with Gasteiger partial charge in [-0.15, -0.1) is 0 Å². The lowest BCUT2D eigenvalue weighted by Gasteiger charge is -2.22. The minimum atomic E-state index is 0.919. The van der Waals surface area contributed by atoms with Gasteiger partial charge < -0.3 is 10.2 Å². The van der Waals surface area contributed by atoms with E-state index in [2.05, 4.69) is 17.1 Å². The lowest BCUT2D eigenvalue weighted by molar-refractivity contribution is 0.400. The Balaban J connectivity index is 2.36. The normalized spacial score (nSPS) is 23.0. The largest absolute Gasteiger partial charge is 0.366 e. The van der Waals surface area contributed by atoms with E-state index in [1.165, 1.54) is 32.1 Å². The van der Waals surface area contributed by atoms with E-state index in [0.717, 1.165) is 24.1 Å². The summed E-state index contributed by atoms with van der Waals surface area (Å²) in [5.74, 6) is 0.935. The SMILES string of the molecule is CCCC1CCCN(C(=S)NC)CC1. The number of thiocarbonyl (C=S) groups is 1. The summed E-state index contributed by atoms with van der Waals surface area (Å²) in [7, 11) is 1.91. The second-order valence-electron chi connectivity index (χ2n) is 4.13. The Hall–Kier alpha value is -0.310. The van der Waals surface area contributed by atoms with Crippen LogP contribution in [0.4, 0.5) is 0 Å². The average Bonchev–Trinajstić information content (AvgIpc) is 2.43. The molecule has 0 aromatic carbocycles. The van der Waals surface area contributed by atoms with Crippen LogP contribution in [0, 0.1) is 5.92 Å². The van der Waals surface area contributed by atoms with Crippen LogP contribution < -0.4 is 5.32 Å². The zero-order valence-electron chi connectivity index (χ0n) is 9.38. The van der Waals surface area contributed by atoms with Crippen molar-refractivity contribution in [1.82, 2.24) is 10.2 Å². The molecule has 1 aliphatic heterocycles. The van der Waals surface area contributed by atoms with Crippen molar-refractivity contribution in [3.63, 3.8) is 0 Å². The first kappa shape index (κ1) is 11.8. The highest BCUT2D eigenvalue weighted by Gasteiger charge is 2.17. The lowest BCUT2D eigenvalue weighted by atomic mass is 9.96. The van der Waals surface area contributed by atoms with Gasteiger partial charge in [0.15, 0.2) is 5.11 Å². The van der Waals surface area contributed by atoms with Gasteiger partial charge in [0, 0.05) is 20.1 Å². The van der Waals surface area contributed by atoms with Crippen LogP contribution in [0.2, 0.25) is 0 Å². The molecule has 1 saturated heterocycles. The number of nitrogens with zero attached hydrogens (tertiary/aromatic N) is 1. The Morgan fingerprint density at radius 2 is 2.21 bits per heavy atom. The molecule has 1 unspecified atom stereocenters. The topological polar surface area (TPSA) is 15.3 Å². The molecule has 0 aromatic rings. The molecule has 0 aliphatic carbocycles. The Bertz CT molecular complexity index is 182. The molecular formula is C11H22N2S. The van der Waals surface area contributed by atoms with Gasteiger partial charge in [-0.05, 0) is 37.4 Å². The first-order valence-corrected chi connectivity index (χ1v) is 6.15. The Morgan fingerprint density at radius 3 is 2.86 bits per heavy atom. The van der Waals surface area contributed by atoms with E-state index in [0.29, 0.717) is 0 Å². The first-order valence-electron chi connectivity index (χ1n) is 5.74. The quantitative estimate of drug-likeness (QED) is 0.711. The summed E-state index contributed by atoms with van der Waals surface area (Å²) in [4.78, 5) is 2.31. The molecule has 0 radical (unpaired) electrons. The van der Waals surface area contributed by atoms with E-state index >= 15 is 0 Å². The molecule has 1 fully saturated rings. The van der Waals surface area contributed by atoms with Crippen molar-refractivity contribution in [2.45, 2.75) is 39.0 Å². The molecule has 0 bridgehead atoms. The highest BCUT2D eigenvalue weighted by atomic mass is 32.1. The maximum absolute atomic E-state index is 5.25. The Kier molecular flexibility index (Phi) is 5.23. The van der Waals surface area contributed by atoms with Gasteiger partial charge in [0.1, 0.15) is 0 Å². The smallest absolute Gasteiger partial charge is 0.168 e. The van der Waals surface area contributed by atoms with Crippen LogP contribution in [-0.4, -0.2) is 30.1 Å². The van der Waals surface area contributed by atoms with Crippen molar-refractivity contribution in [2.24, 2.45) is 5.92 Å². The standard InChI is InChI=1S/C11H22N2S/c1-3-5-10-6-4-8-13(9-7-10)11(14)12-2/h10H,3-9H2,1-2H3,(H,12,14). The fourth-order valence-corrected chi connectivity index (χ4v) is 2.41. The minimum absolute atomic E-state index is 0.919. The third-order valence-corrected chi connectivity index (χ3v) is 3.51. The molecule has 82 valence electrons. The van der Waals surface area contributed by atoms with E-state index in [4.69, 9.17) is 12.2 Å². The van der Waals surface area contributed by atoms with Gasteiger partial charge in [-0.1, -0.05) is 19.8 Å². The van der Waals surface area contributed by atoms with Crippen LogP contribution in [0.5, 0.6) is 0 Å². The summed E-state index contributed by atoms with van der Waals surface area (Å²) in [5, 5.41) is 3.99. The first-order chi connectivity index (χ1) is 6.77. The lowest BCUT2D eigenvalue weighted by Crippen LogP contribution is -2.38. The van der Waals surface area contributed by atoms with E-state index in [9.17, 15) is 0 Å². The molecule has 1 heterocycles. The van der Waals surface area contributed by atoms with Crippen LogP contribution in [0.1, 0.15) is 39.0 Å². The third-order valence-electron chi connectivity index (χ3n) is 3.05. The van der Waals surface area contributed by atoms with Gasteiger partial charge >= 0.3 is 0 Å². The van der Waals surface area contributed by atoms with E-state index in [-0.39, 0.29) is 0 Å². The number of hydrogen-bond acceptors (Lipinski definition) is 1. The average molecular weight is 214 g/mol. The van der Waals surface area contributed by atoms with Crippen molar-refractivity contribution in [3.8, 4) is 0 Å². The highest BCUT2D eigenvalue weighted by molar-refractivity contribution is 7.80. The van der Waals surface area contributed by atoms with Gasteiger partial charge in [-0.3, -0.25) is 0 Å². The van der Waals surface area contributed by atoms with Crippen molar-refractivity contribution >= 4 is 17.3 Å². The minimum Gasteiger partial charge on any atom is -0.366 e. The summed E-state index contributed by atoms with van der Waals surface area (Å²) in [5.41, 5.74) is 0. The van der Waals surface area contributed by atoms with Crippen LogP contribution in [-0.2, 0) is 0 Å². The van der Waals surface area contributed by atoms with Crippen LogP contribution >= 0.6 is 12.2 Å². The molecule has 1 aliphatic rings. The summed E-state index contributed by atoms with van der Waals surface area (Å²) < 4.78 is 0. The van der Waals surface area contributed by atoms with Crippen LogP contribution in [0.25, 0.3) is 0 Å². The fraction of sp³-hybridized carbons (Fsp3) is 0.909. The van der Waals surface area contributed by atoms with Gasteiger partial charge in [-0.25, -0.2) is 0 Å². The molecule has 14 heavy (non-hydrogen) atoms. The van der Waals surface area contributed by atoms with E-state index in [1.54, 1.807) is 0 Å². The van der Waals surface area contributed by atoms with Crippen molar-refractivity contribution in [2.75, 3.05) is 20.1 Å². The number of hydrogen-bond donors (Lipinski definition) is 1. The predicted molar refractivity (Wildman–Crippen MR) is 65.5 cm³/mol. The summed E-state index contributed by atoms with van der Waals surface area (Å²) in [6.07, 6.45) is 6.71. The number of likely N-dealkylation sites (tertiary alicyclic amines) is 1.